The molecule has 0 radical (unpaired) electrons. The predicted octanol–water partition coefficient (Wildman–Crippen LogP) is 5.34. The molecule has 0 spiro atoms. The van der Waals surface area contributed by atoms with Crippen molar-refractivity contribution >= 4 is 22.7 Å². The molecule has 3 aliphatic rings. The Morgan fingerprint density at radius 1 is 1.18 bits per heavy atom. The Balaban J connectivity index is 1.65. The Kier molecular flexibility index (Phi) is 4.31. The van der Waals surface area contributed by atoms with E-state index in [0.717, 1.165) is 23.5 Å². The van der Waals surface area contributed by atoms with Crippen LogP contribution in [0.25, 0.3) is 0 Å². The van der Waals surface area contributed by atoms with Crippen LogP contribution in [0.1, 0.15) is 83.7 Å². The van der Waals surface area contributed by atoms with Crippen LogP contribution in [0.5, 0.6) is 0 Å². The molecule has 4 nitrogen and oxygen atoms in total. The molecule has 28 heavy (non-hydrogen) atoms. The molecule has 1 N–H and O–H groups in total. The minimum absolute atomic E-state index is 0.0175. The smallest absolute Gasteiger partial charge is 0.136 e. The number of nitrogens with one attached hydrogen (secondary N) is 1. The first-order valence-corrected chi connectivity index (χ1v) is 11.3. The lowest BCUT2D eigenvalue weighted by atomic mass is 9.65. The lowest BCUT2D eigenvalue weighted by Gasteiger charge is -2.42. The number of hydrogen-bond donors (Lipinski definition) is 1. The second-order valence-corrected chi connectivity index (χ2v) is 12.6. The zero-order valence-corrected chi connectivity index (χ0v) is 19.3. The van der Waals surface area contributed by atoms with E-state index < -0.39 is 0 Å². The van der Waals surface area contributed by atoms with E-state index in [-0.39, 0.29) is 11.1 Å². The van der Waals surface area contributed by atoms with Gasteiger partial charge in [-0.15, -0.1) is 11.3 Å². The molecular formula is C23H34N4S. The van der Waals surface area contributed by atoms with Crippen molar-refractivity contribution in [3.8, 4) is 6.07 Å². The number of hydrogen-bond acceptors (Lipinski definition) is 4. The van der Waals surface area contributed by atoms with Gasteiger partial charge in [0, 0.05) is 28.5 Å². The zero-order chi connectivity index (χ0) is 20.5. The van der Waals surface area contributed by atoms with Gasteiger partial charge in [0.05, 0.1) is 11.9 Å². The number of fused-ring (bicyclic) bond motifs is 3. The normalized spacial score (nSPS) is 32.4. The summed E-state index contributed by atoms with van der Waals surface area (Å²) in [4.78, 5) is 8.60. The zero-order valence-electron chi connectivity index (χ0n) is 18.4. The molecule has 1 saturated carbocycles. The van der Waals surface area contributed by atoms with Crippen LogP contribution in [-0.4, -0.2) is 29.4 Å². The summed E-state index contributed by atoms with van der Waals surface area (Å²) in [6.45, 7) is 17.2. The van der Waals surface area contributed by atoms with E-state index in [2.05, 4.69) is 64.8 Å². The van der Waals surface area contributed by atoms with E-state index in [9.17, 15) is 5.26 Å². The summed E-state index contributed by atoms with van der Waals surface area (Å²) in [6.07, 6.45) is 6.69. The minimum Gasteiger partial charge on any atom is -0.359 e. The molecule has 1 aromatic heterocycles. The maximum Gasteiger partial charge on any atom is 0.136 e. The van der Waals surface area contributed by atoms with Crippen LogP contribution < -0.4 is 5.32 Å². The maximum absolute atomic E-state index is 9.90. The van der Waals surface area contributed by atoms with E-state index in [0.29, 0.717) is 16.9 Å². The van der Waals surface area contributed by atoms with Gasteiger partial charge in [-0.05, 0) is 69.8 Å². The maximum atomic E-state index is 9.90. The summed E-state index contributed by atoms with van der Waals surface area (Å²) in [5.74, 6) is 0. The molecule has 3 heterocycles. The molecule has 0 amide bonds. The third-order valence-electron chi connectivity index (χ3n) is 6.72. The van der Waals surface area contributed by atoms with E-state index in [1.807, 2.05) is 6.34 Å². The fraction of sp³-hybridized carbons (Fsp3) is 0.739. The van der Waals surface area contributed by atoms with Gasteiger partial charge in [-0.25, -0.2) is 4.99 Å². The number of rotatable bonds is 2. The SMILES string of the molecule is CC1(C)C[C@H]2C[C@](C)(CN2C=Nc2sc3c(c2C#N)CC(C)(C)NC3(C)C)C1. The summed E-state index contributed by atoms with van der Waals surface area (Å²) < 4.78 is 0. The number of nitriles is 1. The Morgan fingerprint density at radius 2 is 1.89 bits per heavy atom. The van der Waals surface area contributed by atoms with E-state index >= 15 is 0 Å². The van der Waals surface area contributed by atoms with Gasteiger partial charge in [0.25, 0.3) is 0 Å². The van der Waals surface area contributed by atoms with Gasteiger partial charge >= 0.3 is 0 Å². The number of nitrogens with zero attached hydrogens (tertiary/aromatic N) is 3. The molecule has 1 aliphatic carbocycles. The van der Waals surface area contributed by atoms with Crippen LogP contribution in [0.3, 0.4) is 0 Å². The second kappa shape index (κ2) is 6.06. The van der Waals surface area contributed by atoms with Gasteiger partial charge in [0.1, 0.15) is 11.1 Å². The van der Waals surface area contributed by atoms with Gasteiger partial charge in [0.2, 0.25) is 0 Å². The van der Waals surface area contributed by atoms with Crippen LogP contribution in [-0.2, 0) is 12.0 Å². The van der Waals surface area contributed by atoms with Crippen molar-refractivity contribution < 1.29 is 0 Å². The van der Waals surface area contributed by atoms with Crippen molar-refractivity contribution in [3.63, 3.8) is 0 Å². The average molecular weight is 399 g/mol. The van der Waals surface area contributed by atoms with Crippen LogP contribution in [0.15, 0.2) is 4.99 Å². The van der Waals surface area contributed by atoms with E-state index in [1.165, 1.54) is 29.7 Å². The number of thiophene rings is 1. The molecular weight excluding hydrogens is 364 g/mol. The fourth-order valence-corrected chi connectivity index (χ4v) is 7.65. The highest BCUT2D eigenvalue weighted by Crippen LogP contribution is 2.52. The first-order chi connectivity index (χ1) is 12.8. The van der Waals surface area contributed by atoms with Crippen molar-refractivity contribution in [2.75, 3.05) is 6.54 Å². The van der Waals surface area contributed by atoms with Crippen molar-refractivity contribution in [2.45, 2.75) is 91.3 Å². The Labute approximate surface area is 174 Å². The highest BCUT2D eigenvalue weighted by molar-refractivity contribution is 7.16. The minimum atomic E-state index is -0.136. The highest BCUT2D eigenvalue weighted by Gasteiger charge is 2.49. The lowest BCUT2D eigenvalue weighted by molar-refractivity contribution is 0.133. The standard InChI is InChI=1S/C23H34N4S/c1-20(2)8-15-9-23(7,12-20)13-27(15)14-25-19-17(11-24)16-10-21(3,4)26-22(5,6)18(16)28-19/h14-15,26H,8-10,12-13H2,1-7H3/t15-,23-/m0/s1. The summed E-state index contributed by atoms with van der Waals surface area (Å²) in [7, 11) is 0. The topological polar surface area (TPSA) is 51.4 Å². The van der Waals surface area contributed by atoms with Gasteiger partial charge in [-0.3, -0.25) is 0 Å². The fourth-order valence-electron chi connectivity index (χ4n) is 6.49. The predicted molar refractivity (Wildman–Crippen MR) is 117 cm³/mol. The third-order valence-corrected chi connectivity index (χ3v) is 8.18. The summed E-state index contributed by atoms with van der Waals surface area (Å²) >= 11 is 1.69. The highest BCUT2D eigenvalue weighted by atomic mass is 32.1. The van der Waals surface area contributed by atoms with Crippen LogP contribution in [0.4, 0.5) is 5.00 Å². The molecule has 4 rings (SSSR count). The first kappa shape index (κ1) is 19.9. The molecule has 1 aromatic rings. The second-order valence-electron chi connectivity index (χ2n) is 11.6. The van der Waals surface area contributed by atoms with Crippen LogP contribution in [0.2, 0.25) is 0 Å². The Bertz CT molecular complexity index is 870. The monoisotopic (exact) mass is 398 g/mol. The molecule has 0 unspecified atom stereocenters. The molecule has 2 atom stereocenters. The van der Waals surface area contributed by atoms with Crippen molar-refractivity contribution in [3.05, 3.63) is 16.0 Å². The molecule has 0 aromatic carbocycles. The Morgan fingerprint density at radius 3 is 2.57 bits per heavy atom. The van der Waals surface area contributed by atoms with Crippen LogP contribution in [0, 0.1) is 22.2 Å². The Hall–Kier alpha value is -1.38. The number of aliphatic imine (C=N–C) groups is 1. The van der Waals surface area contributed by atoms with Gasteiger partial charge in [0.15, 0.2) is 0 Å². The average Bonchev–Trinajstić information content (AvgIpc) is 2.96. The van der Waals surface area contributed by atoms with Gasteiger partial charge in [-0.2, -0.15) is 5.26 Å². The lowest BCUT2D eigenvalue weighted by Crippen LogP contribution is -2.54. The third kappa shape index (κ3) is 3.39. The van der Waals surface area contributed by atoms with Crippen molar-refractivity contribution in [1.82, 2.24) is 10.2 Å². The van der Waals surface area contributed by atoms with Gasteiger partial charge < -0.3 is 10.2 Å². The van der Waals surface area contributed by atoms with Crippen LogP contribution >= 0.6 is 11.3 Å². The summed E-state index contributed by atoms with van der Waals surface area (Å²) in [5.41, 5.74) is 2.62. The van der Waals surface area contributed by atoms with Crippen molar-refractivity contribution in [2.24, 2.45) is 15.8 Å². The molecule has 1 saturated heterocycles. The molecule has 152 valence electrons. The van der Waals surface area contributed by atoms with E-state index in [4.69, 9.17) is 4.99 Å². The molecule has 2 bridgehead atoms. The van der Waals surface area contributed by atoms with Crippen molar-refractivity contribution in [1.29, 1.82) is 5.26 Å². The summed E-state index contributed by atoms with van der Waals surface area (Å²) in [6, 6.07) is 3.05. The summed E-state index contributed by atoms with van der Waals surface area (Å²) in [5, 5.41) is 14.5. The van der Waals surface area contributed by atoms with E-state index in [1.54, 1.807) is 11.3 Å². The first-order valence-electron chi connectivity index (χ1n) is 10.5. The molecule has 5 heteroatoms. The largest absolute Gasteiger partial charge is 0.359 e. The quantitative estimate of drug-likeness (QED) is 0.540. The molecule has 2 aliphatic heterocycles. The molecule has 2 fully saturated rings. The number of likely N-dealkylation sites (tertiary alicyclic amines) is 1. The van der Waals surface area contributed by atoms with Gasteiger partial charge in [-0.1, -0.05) is 20.8 Å².